The molecule has 1 atom stereocenters. The number of carbonyl (C=O) groups is 1. The van der Waals surface area contributed by atoms with E-state index < -0.39 is 0 Å². The minimum atomic E-state index is -0.189. The minimum absolute atomic E-state index is 0.0274. The highest BCUT2D eigenvalue weighted by Gasteiger charge is 2.33. The Morgan fingerprint density at radius 2 is 1.93 bits per heavy atom. The SMILES string of the molecule is O=C(c1cccnc1)N1CCCC[C@H]1c1nc2c(c(=O)[nH]1)CCN(C1CCCC1)C2. The third-order valence-electron chi connectivity index (χ3n) is 6.95. The van der Waals surface area contributed by atoms with Crippen LogP contribution in [0.4, 0.5) is 0 Å². The fraction of sp³-hybridized carbons (Fsp3) is 0.565. The van der Waals surface area contributed by atoms with Gasteiger partial charge in [0.25, 0.3) is 11.5 Å². The van der Waals surface area contributed by atoms with E-state index in [0.29, 0.717) is 24.0 Å². The van der Waals surface area contributed by atoms with Crippen LogP contribution in [-0.2, 0) is 13.0 Å². The zero-order valence-corrected chi connectivity index (χ0v) is 17.3. The third kappa shape index (κ3) is 3.67. The molecule has 2 aromatic rings. The molecule has 0 radical (unpaired) electrons. The molecule has 2 fully saturated rings. The molecule has 3 aliphatic rings. The molecule has 1 amide bonds. The van der Waals surface area contributed by atoms with Gasteiger partial charge in [-0.2, -0.15) is 0 Å². The summed E-state index contributed by atoms with van der Waals surface area (Å²) in [6.45, 7) is 2.37. The predicted molar refractivity (Wildman–Crippen MR) is 113 cm³/mol. The van der Waals surface area contributed by atoms with Gasteiger partial charge in [-0.25, -0.2) is 4.98 Å². The van der Waals surface area contributed by atoms with E-state index in [1.165, 1.54) is 25.7 Å². The van der Waals surface area contributed by atoms with Crippen LogP contribution in [0.5, 0.6) is 0 Å². The fourth-order valence-corrected chi connectivity index (χ4v) is 5.33. The topological polar surface area (TPSA) is 82.2 Å². The van der Waals surface area contributed by atoms with E-state index in [9.17, 15) is 9.59 Å². The third-order valence-corrected chi connectivity index (χ3v) is 6.95. The highest BCUT2D eigenvalue weighted by atomic mass is 16.2. The maximum Gasteiger partial charge on any atom is 0.256 e. The van der Waals surface area contributed by atoms with Crippen molar-refractivity contribution in [3.63, 3.8) is 0 Å². The maximum absolute atomic E-state index is 13.1. The smallest absolute Gasteiger partial charge is 0.256 e. The van der Waals surface area contributed by atoms with Gasteiger partial charge in [0.15, 0.2) is 0 Å². The summed E-state index contributed by atoms with van der Waals surface area (Å²) in [6.07, 6.45) is 12.0. The van der Waals surface area contributed by atoms with Gasteiger partial charge in [-0.05, 0) is 50.7 Å². The number of aromatic amines is 1. The van der Waals surface area contributed by atoms with Gasteiger partial charge in [-0.1, -0.05) is 12.8 Å². The van der Waals surface area contributed by atoms with Crippen LogP contribution in [0.1, 0.15) is 78.4 Å². The van der Waals surface area contributed by atoms with Gasteiger partial charge in [0, 0.05) is 43.6 Å². The first-order valence-corrected chi connectivity index (χ1v) is 11.3. The lowest BCUT2D eigenvalue weighted by molar-refractivity contribution is 0.0597. The van der Waals surface area contributed by atoms with Crippen LogP contribution in [-0.4, -0.2) is 49.8 Å². The summed E-state index contributed by atoms with van der Waals surface area (Å²) < 4.78 is 0. The van der Waals surface area contributed by atoms with E-state index in [1.807, 2.05) is 4.90 Å². The summed E-state index contributed by atoms with van der Waals surface area (Å²) in [6, 6.07) is 4.01. The number of pyridine rings is 1. The molecule has 4 heterocycles. The van der Waals surface area contributed by atoms with Gasteiger partial charge in [0.1, 0.15) is 5.82 Å². The van der Waals surface area contributed by atoms with E-state index in [-0.39, 0.29) is 17.5 Å². The van der Waals surface area contributed by atoms with Gasteiger partial charge < -0.3 is 9.88 Å². The Morgan fingerprint density at radius 3 is 2.73 bits per heavy atom. The van der Waals surface area contributed by atoms with E-state index >= 15 is 0 Å². The van der Waals surface area contributed by atoms with Crippen LogP contribution in [0.15, 0.2) is 29.3 Å². The molecule has 30 heavy (non-hydrogen) atoms. The summed E-state index contributed by atoms with van der Waals surface area (Å²) >= 11 is 0. The number of piperidine rings is 1. The molecule has 0 bridgehead atoms. The van der Waals surface area contributed by atoms with Crippen LogP contribution in [0.3, 0.4) is 0 Å². The molecule has 158 valence electrons. The van der Waals surface area contributed by atoms with Crippen molar-refractivity contribution in [2.45, 2.75) is 70.0 Å². The van der Waals surface area contributed by atoms with Gasteiger partial charge in [0.05, 0.1) is 17.3 Å². The first-order chi connectivity index (χ1) is 14.7. The zero-order valence-electron chi connectivity index (χ0n) is 17.3. The van der Waals surface area contributed by atoms with Crippen LogP contribution in [0.25, 0.3) is 0 Å². The molecular weight excluding hydrogens is 378 g/mol. The molecule has 1 saturated carbocycles. The van der Waals surface area contributed by atoms with Crippen molar-refractivity contribution >= 4 is 5.91 Å². The largest absolute Gasteiger partial charge is 0.328 e. The molecule has 7 heteroatoms. The molecule has 1 aliphatic carbocycles. The summed E-state index contributed by atoms with van der Waals surface area (Å²) in [5, 5.41) is 0. The van der Waals surface area contributed by atoms with Gasteiger partial charge in [0.2, 0.25) is 0 Å². The zero-order chi connectivity index (χ0) is 20.5. The molecule has 2 aromatic heterocycles. The van der Waals surface area contributed by atoms with Crippen molar-refractivity contribution in [2.75, 3.05) is 13.1 Å². The fourth-order valence-electron chi connectivity index (χ4n) is 5.33. The highest BCUT2D eigenvalue weighted by molar-refractivity contribution is 5.94. The van der Waals surface area contributed by atoms with Crippen molar-refractivity contribution < 1.29 is 4.79 Å². The van der Waals surface area contributed by atoms with E-state index in [2.05, 4.69) is 14.9 Å². The number of hydrogen-bond acceptors (Lipinski definition) is 5. The molecule has 2 aliphatic heterocycles. The quantitative estimate of drug-likeness (QED) is 0.846. The number of fused-ring (bicyclic) bond motifs is 1. The van der Waals surface area contributed by atoms with Crippen LogP contribution in [0.2, 0.25) is 0 Å². The number of rotatable bonds is 3. The van der Waals surface area contributed by atoms with Crippen LogP contribution in [0, 0.1) is 0 Å². The Morgan fingerprint density at radius 1 is 1.10 bits per heavy atom. The average molecular weight is 408 g/mol. The average Bonchev–Trinajstić information content (AvgIpc) is 3.34. The minimum Gasteiger partial charge on any atom is -0.328 e. The van der Waals surface area contributed by atoms with Crippen molar-refractivity contribution in [1.82, 2.24) is 24.8 Å². The van der Waals surface area contributed by atoms with E-state index in [1.54, 1.807) is 24.5 Å². The Balaban J connectivity index is 1.44. The van der Waals surface area contributed by atoms with Crippen molar-refractivity contribution in [2.24, 2.45) is 0 Å². The number of nitrogens with zero attached hydrogens (tertiary/aromatic N) is 4. The Hall–Kier alpha value is -2.54. The van der Waals surface area contributed by atoms with Crippen molar-refractivity contribution in [3.8, 4) is 0 Å². The molecule has 0 unspecified atom stereocenters. The molecule has 0 aromatic carbocycles. The second-order valence-corrected chi connectivity index (χ2v) is 8.79. The number of carbonyl (C=O) groups excluding carboxylic acids is 1. The van der Waals surface area contributed by atoms with Crippen molar-refractivity contribution in [3.05, 3.63) is 57.5 Å². The molecule has 1 saturated heterocycles. The molecular formula is C23H29N5O2. The second kappa shape index (κ2) is 8.30. The van der Waals surface area contributed by atoms with Gasteiger partial charge >= 0.3 is 0 Å². The number of H-pyrrole nitrogens is 1. The number of aromatic nitrogens is 3. The Bertz CT molecular complexity index is 967. The monoisotopic (exact) mass is 407 g/mol. The Kier molecular flexibility index (Phi) is 5.37. The second-order valence-electron chi connectivity index (χ2n) is 8.79. The number of likely N-dealkylation sites (tertiary alicyclic amines) is 1. The molecule has 1 N–H and O–H groups in total. The van der Waals surface area contributed by atoms with E-state index in [4.69, 9.17) is 4.98 Å². The summed E-state index contributed by atoms with van der Waals surface area (Å²) in [4.78, 5) is 42.4. The first kappa shape index (κ1) is 19.4. The lowest BCUT2D eigenvalue weighted by atomic mass is 9.99. The molecule has 7 nitrogen and oxygen atoms in total. The summed E-state index contributed by atoms with van der Waals surface area (Å²) in [7, 11) is 0. The lowest BCUT2D eigenvalue weighted by Gasteiger charge is -2.36. The van der Waals surface area contributed by atoms with Gasteiger partial charge in [-0.3, -0.25) is 19.5 Å². The lowest BCUT2D eigenvalue weighted by Crippen LogP contribution is -2.43. The number of amides is 1. The predicted octanol–water partition coefficient (Wildman–Crippen LogP) is 2.83. The van der Waals surface area contributed by atoms with Crippen LogP contribution < -0.4 is 5.56 Å². The molecule has 5 rings (SSSR count). The Labute approximate surface area is 176 Å². The number of nitrogens with one attached hydrogen (secondary N) is 1. The normalized spacial score (nSPS) is 22.8. The van der Waals surface area contributed by atoms with Gasteiger partial charge in [-0.15, -0.1) is 0 Å². The highest BCUT2D eigenvalue weighted by Crippen LogP contribution is 2.31. The standard InChI is InChI=1S/C23H29N5O2/c29-22-18-10-13-27(17-7-1-2-8-17)15-19(18)25-21(26-22)20-9-3-4-12-28(20)23(30)16-6-5-11-24-14-16/h5-6,11,14,17,20H,1-4,7-10,12-13,15H2,(H,25,26,29)/t20-/m0/s1. The van der Waals surface area contributed by atoms with Crippen LogP contribution >= 0.6 is 0 Å². The van der Waals surface area contributed by atoms with Crippen molar-refractivity contribution in [1.29, 1.82) is 0 Å². The summed E-state index contributed by atoms with van der Waals surface area (Å²) in [5.74, 6) is 0.602. The first-order valence-electron chi connectivity index (χ1n) is 11.3. The maximum atomic E-state index is 13.1. The number of hydrogen-bond donors (Lipinski definition) is 1. The van der Waals surface area contributed by atoms with E-state index in [0.717, 1.165) is 50.0 Å². The molecule has 0 spiro atoms. The summed E-state index contributed by atoms with van der Waals surface area (Å²) in [5.41, 5.74) is 2.29.